The largest absolute Gasteiger partial charge is 0.451 e. The molecule has 12 heteroatoms. The fourth-order valence-electron chi connectivity index (χ4n) is 1.39. The highest BCUT2D eigenvalue weighted by Gasteiger charge is 2.36. The van der Waals surface area contributed by atoms with Gasteiger partial charge in [-0.15, -0.1) is 0 Å². The molecule has 0 radical (unpaired) electrons. The highest BCUT2D eigenvalue weighted by Crippen LogP contribution is 2.29. The summed E-state index contributed by atoms with van der Waals surface area (Å²) in [6, 6.07) is 1.02. The minimum absolute atomic E-state index is 0.355. The first-order chi connectivity index (χ1) is 9.63. The number of carbonyl (C=O) groups excluding carboxylic acids is 2. The van der Waals surface area contributed by atoms with E-state index in [-0.39, 0.29) is 11.6 Å². The number of aromatic nitrogens is 2. The molecule has 1 aromatic heterocycles. The zero-order valence-electron chi connectivity index (χ0n) is 10.5. The Morgan fingerprint density at radius 3 is 2.10 bits per heavy atom. The molecule has 0 saturated carbocycles. The number of nitrogen functional groups attached to an aromatic ring is 1. The number of alkyl halides is 3. The Morgan fingerprint density at radius 2 is 1.71 bits per heavy atom. The summed E-state index contributed by atoms with van der Waals surface area (Å²) >= 11 is 0. The fourth-order valence-corrected chi connectivity index (χ4v) is 1.39. The second-order valence-electron chi connectivity index (χ2n) is 3.87. The van der Waals surface area contributed by atoms with E-state index in [0.717, 1.165) is 11.0 Å². The van der Waals surface area contributed by atoms with Gasteiger partial charge in [-0.3, -0.25) is 9.59 Å². The van der Waals surface area contributed by atoms with E-state index in [0.29, 0.717) is 0 Å². The van der Waals surface area contributed by atoms with Gasteiger partial charge in [0.25, 0.3) is 0 Å². The van der Waals surface area contributed by atoms with Crippen molar-refractivity contribution in [1.82, 2.24) is 9.97 Å². The summed E-state index contributed by atoms with van der Waals surface area (Å²) in [6.07, 6.45) is -4.84. The summed E-state index contributed by atoms with van der Waals surface area (Å²) in [5, 5.41) is 0. The predicted molar refractivity (Wildman–Crippen MR) is 65.4 cm³/mol. The van der Waals surface area contributed by atoms with Gasteiger partial charge in [-0.2, -0.15) is 13.2 Å². The molecule has 7 N–H and O–H groups in total. The van der Waals surface area contributed by atoms with E-state index in [2.05, 4.69) is 9.97 Å². The lowest BCUT2D eigenvalue weighted by Gasteiger charge is -2.21. The minimum Gasteiger partial charge on any atom is -0.368 e. The van der Waals surface area contributed by atoms with E-state index in [4.69, 9.17) is 17.3 Å². The number of halogens is 3. The van der Waals surface area contributed by atoms with Crippen molar-refractivity contribution in [1.29, 1.82) is 0 Å². The normalized spacial score (nSPS) is 11.0. The van der Waals surface area contributed by atoms with E-state index in [1.807, 2.05) is 5.43 Å². The van der Waals surface area contributed by atoms with Crippen molar-refractivity contribution < 1.29 is 22.8 Å². The number of rotatable bonds is 6. The molecule has 0 bridgehead atoms. The molecule has 0 fully saturated rings. The number of nitrogens with two attached hydrogens (primary N) is 3. The molecule has 21 heavy (non-hydrogen) atoms. The Morgan fingerprint density at radius 1 is 1.19 bits per heavy atom. The first-order valence-corrected chi connectivity index (χ1v) is 5.38. The van der Waals surface area contributed by atoms with Gasteiger partial charge in [-0.1, -0.05) is 0 Å². The molecule has 1 aromatic rings. The number of nitrogens with zero attached hydrogens (tertiary/aromatic N) is 3. The lowest BCUT2D eigenvalue weighted by atomic mass is 10.4. The lowest BCUT2D eigenvalue weighted by molar-refractivity contribution is -0.144. The number of carbonyl (C=O) groups is 2. The van der Waals surface area contributed by atoms with Gasteiger partial charge in [0, 0.05) is 6.07 Å². The molecule has 0 aliphatic heterocycles. The number of hydrazine groups is 1. The maximum absolute atomic E-state index is 12.7. The molecule has 2 amide bonds. The van der Waals surface area contributed by atoms with Crippen LogP contribution in [0.5, 0.6) is 0 Å². The van der Waals surface area contributed by atoms with E-state index >= 15 is 0 Å². The highest BCUT2D eigenvalue weighted by atomic mass is 19.4. The van der Waals surface area contributed by atoms with Crippen LogP contribution in [0.3, 0.4) is 0 Å². The number of amides is 2. The van der Waals surface area contributed by atoms with Gasteiger partial charge >= 0.3 is 6.18 Å². The van der Waals surface area contributed by atoms with Crippen molar-refractivity contribution in [2.75, 3.05) is 23.4 Å². The van der Waals surface area contributed by atoms with E-state index in [1.54, 1.807) is 0 Å². The molecule has 0 aliphatic carbocycles. The molecule has 0 spiro atoms. The molecule has 0 unspecified atom stereocenters. The van der Waals surface area contributed by atoms with Crippen LogP contribution in [0.15, 0.2) is 6.07 Å². The van der Waals surface area contributed by atoms with Gasteiger partial charge in [-0.25, -0.2) is 15.8 Å². The maximum atomic E-state index is 12.7. The first-order valence-electron chi connectivity index (χ1n) is 5.38. The molecule has 0 aliphatic rings. The third-order valence-electron chi connectivity index (χ3n) is 2.13. The van der Waals surface area contributed by atoms with Crippen LogP contribution in [0, 0.1) is 0 Å². The summed E-state index contributed by atoms with van der Waals surface area (Å²) in [6.45, 7) is -1.11. The smallest absolute Gasteiger partial charge is 0.368 e. The second kappa shape index (κ2) is 6.21. The van der Waals surface area contributed by atoms with Gasteiger partial charge in [0.15, 0.2) is 0 Å². The molecular formula is C9H12F3N7O2. The van der Waals surface area contributed by atoms with Crippen LogP contribution < -0.4 is 27.6 Å². The van der Waals surface area contributed by atoms with E-state index in [9.17, 15) is 22.8 Å². The topological polar surface area (TPSA) is 153 Å². The zero-order chi connectivity index (χ0) is 16.2. The van der Waals surface area contributed by atoms with Crippen LogP contribution >= 0.6 is 0 Å². The summed E-state index contributed by atoms with van der Waals surface area (Å²) in [5.41, 5.74) is 11.9. The van der Waals surface area contributed by atoms with Crippen molar-refractivity contribution in [2.24, 2.45) is 17.3 Å². The molecule has 0 atom stereocenters. The van der Waals surface area contributed by atoms with Crippen LogP contribution in [-0.2, 0) is 15.8 Å². The standard InChI is InChI=1S/C9H12F3N7O2/c10-9(11,12)8-16-6(18-15)1-7(17-8)19(2-4(13)20)3-5(14)21/h1H,2-3,15H2,(H2,13,20)(H2,14,21)(H,16,17,18). The second-order valence-corrected chi connectivity index (χ2v) is 3.87. The van der Waals surface area contributed by atoms with Crippen LogP contribution in [0.4, 0.5) is 24.8 Å². The molecule has 116 valence electrons. The van der Waals surface area contributed by atoms with Gasteiger partial charge in [0.1, 0.15) is 11.6 Å². The Kier molecular flexibility index (Phi) is 4.86. The molecule has 0 aromatic carbocycles. The Hall–Kier alpha value is -2.63. The Bertz CT molecular complexity index is 533. The van der Waals surface area contributed by atoms with Crippen molar-refractivity contribution in [2.45, 2.75) is 6.18 Å². The highest BCUT2D eigenvalue weighted by molar-refractivity contribution is 5.84. The summed E-state index contributed by atoms with van der Waals surface area (Å²) in [5.74, 6) is 1.04. The fraction of sp³-hybridized carbons (Fsp3) is 0.333. The average Bonchev–Trinajstić information content (AvgIpc) is 2.35. The third-order valence-corrected chi connectivity index (χ3v) is 2.13. The number of anilines is 2. The predicted octanol–water partition coefficient (Wildman–Crippen LogP) is -1.44. The van der Waals surface area contributed by atoms with Gasteiger partial charge in [-0.05, 0) is 0 Å². The Labute approximate surface area is 116 Å². The van der Waals surface area contributed by atoms with Gasteiger partial charge < -0.3 is 21.8 Å². The minimum atomic E-state index is -4.84. The van der Waals surface area contributed by atoms with E-state index < -0.39 is 36.9 Å². The van der Waals surface area contributed by atoms with Crippen molar-refractivity contribution in [3.05, 3.63) is 11.9 Å². The number of hydrogen-bond acceptors (Lipinski definition) is 7. The summed E-state index contributed by atoms with van der Waals surface area (Å²) in [4.78, 5) is 29.1. The van der Waals surface area contributed by atoms with Gasteiger partial charge in [0.2, 0.25) is 17.6 Å². The SMILES string of the molecule is NNc1cc(N(CC(N)=O)CC(N)=O)nc(C(F)(F)F)n1. The van der Waals surface area contributed by atoms with E-state index in [1.165, 1.54) is 0 Å². The monoisotopic (exact) mass is 307 g/mol. The van der Waals surface area contributed by atoms with Crippen LogP contribution in [0.1, 0.15) is 5.82 Å². The summed E-state index contributed by atoms with van der Waals surface area (Å²) < 4.78 is 38.0. The van der Waals surface area contributed by atoms with Crippen molar-refractivity contribution in [3.8, 4) is 0 Å². The molecule has 0 saturated heterocycles. The lowest BCUT2D eigenvalue weighted by Crippen LogP contribution is -2.40. The van der Waals surface area contributed by atoms with Crippen molar-refractivity contribution >= 4 is 23.5 Å². The zero-order valence-corrected chi connectivity index (χ0v) is 10.5. The van der Waals surface area contributed by atoms with Crippen LogP contribution in [0.2, 0.25) is 0 Å². The number of nitrogens with one attached hydrogen (secondary N) is 1. The average molecular weight is 307 g/mol. The quantitative estimate of drug-likeness (QED) is 0.370. The number of primary amides is 2. The molecular weight excluding hydrogens is 295 g/mol. The Balaban J connectivity index is 3.28. The maximum Gasteiger partial charge on any atom is 0.451 e. The molecule has 9 nitrogen and oxygen atoms in total. The summed E-state index contributed by atoms with van der Waals surface area (Å²) in [7, 11) is 0. The molecule has 1 heterocycles. The molecule has 1 rings (SSSR count). The van der Waals surface area contributed by atoms with Crippen LogP contribution in [0.25, 0.3) is 0 Å². The third kappa shape index (κ3) is 4.76. The van der Waals surface area contributed by atoms with Crippen LogP contribution in [-0.4, -0.2) is 34.9 Å². The van der Waals surface area contributed by atoms with Gasteiger partial charge in [0.05, 0.1) is 13.1 Å². The number of hydrogen-bond donors (Lipinski definition) is 4. The van der Waals surface area contributed by atoms with Crippen molar-refractivity contribution in [3.63, 3.8) is 0 Å². The first kappa shape index (κ1) is 16.4.